The lowest BCUT2D eigenvalue weighted by molar-refractivity contribution is 0.149. The van der Waals surface area contributed by atoms with Gasteiger partial charge in [0.2, 0.25) is 0 Å². The van der Waals surface area contributed by atoms with Crippen molar-refractivity contribution in [3.8, 4) is 0 Å². The molecule has 0 aromatic carbocycles. The monoisotopic (exact) mass is 184 g/mol. The lowest BCUT2D eigenvalue weighted by Gasteiger charge is -2.30. The van der Waals surface area contributed by atoms with Crippen LogP contribution in [0.25, 0.3) is 0 Å². The highest BCUT2D eigenvalue weighted by Crippen LogP contribution is 2.48. The number of hydrogen-bond donors (Lipinski definition) is 2. The molecule has 0 unspecified atom stereocenters. The second-order valence-electron chi connectivity index (χ2n) is 4.86. The van der Waals surface area contributed by atoms with Crippen molar-refractivity contribution >= 4 is 6.09 Å². The molecule has 2 N–H and O–H groups in total. The van der Waals surface area contributed by atoms with Gasteiger partial charge in [-0.25, -0.2) is 4.79 Å². The quantitative estimate of drug-likeness (QED) is 0.579. The predicted molar refractivity (Wildman–Crippen MR) is 48.7 cm³/mol. The number of carbonyl (C=O) groups is 1. The van der Waals surface area contributed by atoms with Gasteiger partial charge in [-0.1, -0.05) is 13.8 Å². The average molecular weight is 184 g/mol. The number of likely N-dealkylation sites (tertiary alicyclic amines) is 1. The zero-order chi connectivity index (χ0) is 9.69. The van der Waals surface area contributed by atoms with Crippen LogP contribution in [-0.2, 0) is 0 Å². The van der Waals surface area contributed by atoms with Crippen molar-refractivity contribution in [1.82, 2.24) is 10.2 Å². The Morgan fingerprint density at radius 1 is 1.31 bits per heavy atom. The van der Waals surface area contributed by atoms with Crippen LogP contribution in [0.1, 0.15) is 13.8 Å². The molecule has 0 spiro atoms. The zero-order valence-electron chi connectivity index (χ0n) is 8.13. The van der Waals surface area contributed by atoms with Gasteiger partial charge in [0, 0.05) is 37.0 Å². The molecule has 0 aliphatic carbocycles. The minimum absolute atomic E-state index is 0.130. The first-order chi connectivity index (χ1) is 5.97. The van der Waals surface area contributed by atoms with E-state index in [1.54, 1.807) is 4.90 Å². The number of amides is 1. The van der Waals surface area contributed by atoms with Crippen molar-refractivity contribution in [1.29, 1.82) is 0 Å². The molecule has 2 heterocycles. The van der Waals surface area contributed by atoms with Crippen molar-refractivity contribution < 1.29 is 9.90 Å². The molecule has 13 heavy (non-hydrogen) atoms. The first-order valence-corrected chi connectivity index (χ1v) is 4.66. The van der Waals surface area contributed by atoms with Gasteiger partial charge in [0.05, 0.1) is 0 Å². The number of rotatable bonds is 0. The van der Waals surface area contributed by atoms with Crippen molar-refractivity contribution in [3.63, 3.8) is 0 Å². The predicted octanol–water partition coefficient (Wildman–Crippen LogP) is 0.596. The van der Waals surface area contributed by atoms with Crippen LogP contribution in [0.5, 0.6) is 0 Å². The topological polar surface area (TPSA) is 52.6 Å². The van der Waals surface area contributed by atoms with E-state index in [9.17, 15) is 4.79 Å². The van der Waals surface area contributed by atoms with Crippen LogP contribution in [0.4, 0.5) is 4.79 Å². The first kappa shape index (κ1) is 8.81. The molecule has 1 amide bonds. The van der Waals surface area contributed by atoms with Gasteiger partial charge < -0.3 is 15.3 Å². The van der Waals surface area contributed by atoms with Crippen LogP contribution in [0.3, 0.4) is 0 Å². The van der Waals surface area contributed by atoms with Gasteiger partial charge in [-0.2, -0.15) is 0 Å². The second kappa shape index (κ2) is 2.38. The van der Waals surface area contributed by atoms with Gasteiger partial charge in [0.1, 0.15) is 0 Å². The number of carboxylic acid groups (broad SMARTS) is 1. The molecule has 74 valence electrons. The summed E-state index contributed by atoms with van der Waals surface area (Å²) in [5.41, 5.74) is 0.261. The van der Waals surface area contributed by atoms with E-state index in [0.29, 0.717) is 13.1 Å². The van der Waals surface area contributed by atoms with E-state index in [0.717, 1.165) is 13.1 Å². The fraction of sp³-hybridized carbons (Fsp3) is 0.889. The minimum atomic E-state index is -0.781. The Morgan fingerprint density at radius 3 is 2.15 bits per heavy atom. The summed E-state index contributed by atoms with van der Waals surface area (Å²) in [6.45, 7) is 7.57. The Balaban J connectivity index is 2.23. The molecule has 2 fully saturated rings. The van der Waals surface area contributed by atoms with E-state index in [-0.39, 0.29) is 10.8 Å². The first-order valence-electron chi connectivity index (χ1n) is 4.66. The lowest BCUT2D eigenvalue weighted by Crippen LogP contribution is -2.34. The van der Waals surface area contributed by atoms with Gasteiger partial charge >= 0.3 is 6.09 Å². The Morgan fingerprint density at radius 2 is 1.77 bits per heavy atom. The molecule has 0 aromatic heterocycles. The van der Waals surface area contributed by atoms with Crippen molar-refractivity contribution in [2.45, 2.75) is 13.8 Å². The molecular weight excluding hydrogens is 168 g/mol. The van der Waals surface area contributed by atoms with Crippen LogP contribution in [0, 0.1) is 10.8 Å². The highest BCUT2D eigenvalue weighted by molar-refractivity contribution is 5.65. The molecule has 2 saturated heterocycles. The van der Waals surface area contributed by atoms with Crippen LogP contribution in [0.2, 0.25) is 0 Å². The largest absolute Gasteiger partial charge is 0.465 e. The second-order valence-corrected chi connectivity index (χ2v) is 4.86. The van der Waals surface area contributed by atoms with Crippen molar-refractivity contribution in [2.24, 2.45) is 10.8 Å². The summed E-state index contributed by atoms with van der Waals surface area (Å²) in [6, 6.07) is 0. The van der Waals surface area contributed by atoms with Crippen LogP contribution in [-0.4, -0.2) is 42.3 Å². The molecule has 2 rings (SSSR count). The van der Waals surface area contributed by atoms with Crippen molar-refractivity contribution in [2.75, 3.05) is 26.2 Å². The fourth-order valence-electron chi connectivity index (χ4n) is 2.57. The molecule has 0 saturated carbocycles. The summed E-state index contributed by atoms with van der Waals surface area (Å²) in [4.78, 5) is 12.4. The van der Waals surface area contributed by atoms with E-state index in [1.807, 2.05) is 0 Å². The minimum Gasteiger partial charge on any atom is -0.465 e. The van der Waals surface area contributed by atoms with Crippen LogP contribution < -0.4 is 5.32 Å². The van der Waals surface area contributed by atoms with E-state index in [2.05, 4.69) is 19.2 Å². The van der Waals surface area contributed by atoms with Gasteiger partial charge in [-0.05, 0) is 0 Å². The number of nitrogens with zero attached hydrogens (tertiary/aromatic N) is 1. The highest BCUT2D eigenvalue weighted by Gasteiger charge is 2.55. The van der Waals surface area contributed by atoms with Crippen molar-refractivity contribution in [3.05, 3.63) is 0 Å². The summed E-state index contributed by atoms with van der Waals surface area (Å²) >= 11 is 0. The Hall–Kier alpha value is -0.770. The molecule has 0 aromatic rings. The van der Waals surface area contributed by atoms with E-state index < -0.39 is 6.09 Å². The average Bonchev–Trinajstić information content (AvgIpc) is 2.38. The molecule has 0 bridgehead atoms. The Kier molecular flexibility index (Phi) is 1.61. The van der Waals surface area contributed by atoms with E-state index in [4.69, 9.17) is 5.11 Å². The third-order valence-corrected chi connectivity index (χ3v) is 3.84. The maximum absolute atomic E-state index is 10.8. The number of nitrogens with one attached hydrogen (secondary N) is 1. The van der Waals surface area contributed by atoms with Crippen LogP contribution >= 0.6 is 0 Å². The normalized spacial score (nSPS) is 43.7. The third kappa shape index (κ3) is 1.05. The molecule has 2 atom stereocenters. The number of hydrogen-bond acceptors (Lipinski definition) is 2. The molecule has 2 aliphatic rings. The summed E-state index contributed by atoms with van der Waals surface area (Å²) in [6.07, 6.45) is -0.781. The summed E-state index contributed by atoms with van der Waals surface area (Å²) < 4.78 is 0. The van der Waals surface area contributed by atoms with Gasteiger partial charge in [-0.15, -0.1) is 0 Å². The van der Waals surface area contributed by atoms with E-state index >= 15 is 0 Å². The maximum Gasteiger partial charge on any atom is 0.407 e. The molecule has 0 radical (unpaired) electrons. The fourth-order valence-corrected chi connectivity index (χ4v) is 2.57. The van der Waals surface area contributed by atoms with Gasteiger partial charge in [0.25, 0.3) is 0 Å². The zero-order valence-corrected chi connectivity index (χ0v) is 8.13. The number of fused-ring (bicyclic) bond motifs is 1. The molecule has 2 aliphatic heterocycles. The van der Waals surface area contributed by atoms with E-state index in [1.165, 1.54) is 0 Å². The van der Waals surface area contributed by atoms with Crippen LogP contribution in [0.15, 0.2) is 0 Å². The molecule has 4 heteroatoms. The molecular formula is C9H16N2O2. The summed E-state index contributed by atoms with van der Waals surface area (Å²) in [7, 11) is 0. The Bertz CT molecular complexity index is 238. The summed E-state index contributed by atoms with van der Waals surface area (Å²) in [5.74, 6) is 0. The van der Waals surface area contributed by atoms with Gasteiger partial charge in [-0.3, -0.25) is 0 Å². The third-order valence-electron chi connectivity index (χ3n) is 3.84. The Labute approximate surface area is 77.9 Å². The maximum atomic E-state index is 10.8. The standard InChI is InChI=1S/C9H16N2O2/c1-8-3-10-4-9(8,2)6-11(5-8)7(12)13/h10H,3-6H2,1-2H3,(H,12,13)/t8-,9+. The lowest BCUT2D eigenvalue weighted by atomic mass is 9.71. The van der Waals surface area contributed by atoms with Gasteiger partial charge in [0.15, 0.2) is 0 Å². The SMILES string of the molecule is C[C@@]12CNC[C@]1(C)CN(C(=O)O)C2. The summed E-state index contributed by atoms with van der Waals surface area (Å²) in [5, 5.41) is 12.2. The highest BCUT2D eigenvalue weighted by atomic mass is 16.4. The smallest absolute Gasteiger partial charge is 0.407 e. The molecule has 4 nitrogen and oxygen atoms in total.